The Morgan fingerprint density at radius 2 is 1.69 bits per heavy atom. The van der Waals surface area contributed by atoms with Crippen LogP contribution in [-0.2, 0) is 33.4 Å². The van der Waals surface area contributed by atoms with Crippen LogP contribution in [0.3, 0.4) is 0 Å². The van der Waals surface area contributed by atoms with Gasteiger partial charge in [0.2, 0.25) is 0 Å². The van der Waals surface area contributed by atoms with E-state index in [0.717, 1.165) is 0 Å². The van der Waals surface area contributed by atoms with E-state index in [1.807, 2.05) is 0 Å². The summed E-state index contributed by atoms with van der Waals surface area (Å²) < 4.78 is 15.8. The number of carboxylic acids is 2. The zero-order chi connectivity index (χ0) is 27.3. The van der Waals surface area contributed by atoms with Gasteiger partial charge in [-0.05, 0) is 25.5 Å². The van der Waals surface area contributed by atoms with Crippen LogP contribution in [0.4, 0.5) is 0 Å². The summed E-state index contributed by atoms with van der Waals surface area (Å²) in [5, 5.41) is 19.1. The predicted molar refractivity (Wildman–Crippen MR) is 130 cm³/mol. The third-order valence-corrected chi connectivity index (χ3v) is 4.98. The lowest BCUT2D eigenvalue weighted by molar-refractivity contribution is -0.139. The number of aliphatic carboxylic acids is 2. The number of carbonyl (C=O) groups is 4. The van der Waals surface area contributed by atoms with E-state index in [0.29, 0.717) is 52.9 Å². The molecule has 1 unspecified atom stereocenters. The molecule has 0 fully saturated rings. The van der Waals surface area contributed by atoms with Gasteiger partial charge in [0, 0.05) is 29.4 Å². The molecule has 1 aliphatic rings. The Morgan fingerprint density at radius 3 is 2.19 bits per heavy atom. The van der Waals surface area contributed by atoms with Gasteiger partial charge in [0.15, 0.2) is 0 Å². The lowest BCUT2D eigenvalue weighted by Crippen LogP contribution is -2.35. The molecule has 0 radical (unpaired) electrons. The molecule has 5 N–H and O–H groups in total. The van der Waals surface area contributed by atoms with E-state index in [1.165, 1.54) is 7.11 Å². The Balaban J connectivity index is 0.000000697. The highest BCUT2D eigenvalue weighted by Crippen LogP contribution is 2.41. The molecule has 12 heteroatoms. The lowest BCUT2D eigenvalue weighted by atomic mass is 9.80. The molecule has 196 valence electrons. The maximum atomic E-state index is 12.9. The van der Waals surface area contributed by atoms with Crippen molar-refractivity contribution in [3.05, 3.63) is 69.5 Å². The molecule has 0 saturated heterocycles. The maximum Gasteiger partial charge on any atom is 0.336 e. The number of rotatable bonds is 10. The molecule has 1 heterocycles. The molecule has 1 aromatic rings. The van der Waals surface area contributed by atoms with Gasteiger partial charge in [-0.2, -0.15) is 0 Å². The zero-order valence-electron chi connectivity index (χ0n) is 20.1. The van der Waals surface area contributed by atoms with E-state index in [4.69, 9.17) is 41.8 Å². The van der Waals surface area contributed by atoms with Crippen LogP contribution >= 0.6 is 11.6 Å². The summed E-state index contributed by atoms with van der Waals surface area (Å²) >= 11 is 6.42. The average molecular weight is 525 g/mol. The number of nitrogens with one attached hydrogen (secondary N) is 1. The summed E-state index contributed by atoms with van der Waals surface area (Å²) in [5.41, 5.74) is 7.70. The van der Waals surface area contributed by atoms with Gasteiger partial charge in [0.25, 0.3) is 0 Å². The maximum absolute atomic E-state index is 12.9. The van der Waals surface area contributed by atoms with Gasteiger partial charge in [0.05, 0.1) is 49.7 Å². The summed E-state index contributed by atoms with van der Waals surface area (Å²) in [6, 6.07) is 7.05. The number of dihydropyridines is 1. The third kappa shape index (κ3) is 8.84. The Kier molecular flexibility index (Phi) is 12.9. The van der Waals surface area contributed by atoms with Crippen molar-refractivity contribution in [1.29, 1.82) is 0 Å². The molecule has 36 heavy (non-hydrogen) atoms. The van der Waals surface area contributed by atoms with Crippen LogP contribution in [0.2, 0.25) is 5.02 Å². The Hall–Kier alpha value is -3.67. The topological polar surface area (TPSA) is 174 Å². The molecule has 1 atom stereocenters. The molecule has 0 spiro atoms. The largest absolute Gasteiger partial charge is 0.478 e. The van der Waals surface area contributed by atoms with Gasteiger partial charge in [-0.1, -0.05) is 29.8 Å². The van der Waals surface area contributed by atoms with E-state index in [-0.39, 0.29) is 18.8 Å². The molecule has 0 amide bonds. The first-order valence-corrected chi connectivity index (χ1v) is 11.1. The monoisotopic (exact) mass is 524 g/mol. The number of allylic oxidation sites excluding steroid dienone is 1. The number of benzene rings is 1. The van der Waals surface area contributed by atoms with Gasteiger partial charge in [-0.3, -0.25) is 0 Å². The number of carbonyl (C=O) groups excluding carboxylic acids is 2. The number of halogens is 1. The quantitative estimate of drug-likeness (QED) is 0.200. The number of hydrogen-bond donors (Lipinski definition) is 4. The number of ether oxygens (including phenoxy) is 3. The van der Waals surface area contributed by atoms with Crippen molar-refractivity contribution in [2.45, 2.75) is 19.8 Å². The predicted octanol–water partition coefficient (Wildman–Crippen LogP) is 1.98. The summed E-state index contributed by atoms with van der Waals surface area (Å²) in [4.78, 5) is 44.6. The molecule has 0 aromatic heterocycles. The highest BCUT2D eigenvalue weighted by atomic mass is 35.5. The van der Waals surface area contributed by atoms with Crippen molar-refractivity contribution in [2.24, 2.45) is 5.73 Å². The van der Waals surface area contributed by atoms with Crippen molar-refractivity contribution in [2.75, 3.05) is 33.5 Å². The van der Waals surface area contributed by atoms with E-state index in [2.05, 4.69) is 5.32 Å². The van der Waals surface area contributed by atoms with Gasteiger partial charge < -0.3 is 35.5 Å². The number of methoxy groups -OCH3 is 1. The SMILES string of the molecule is CCOC(=O)C1=C(COCCN)NC(C)=C(C(=O)OC)C1c1ccccc1Cl.O=C(O)C=CC(=O)O. The number of esters is 2. The second-order valence-corrected chi connectivity index (χ2v) is 7.48. The number of hydrogen-bond acceptors (Lipinski definition) is 9. The number of nitrogens with two attached hydrogens (primary N) is 1. The van der Waals surface area contributed by atoms with Gasteiger partial charge in [-0.15, -0.1) is 0 Å². The summed E-state index contributed by atoms with van der Waals surface area (Å²) in [6.45, 7) is 4.42. The van der Waals surface area contributed by atoms with Crippen LogP contribution in [0.25, 0.3) is 0 Å². The fourth-order valence-electron chi connectivity index (χ4n) is 3.26. The smallest absolute Gasteiger partial charge is 0.336 e. The Labute approximate surface area is 213 Å². The molecule has 1 aliphatic heterocycles. The van der Waals surface area contributed by atoms with Crippen molar-refractivity contribution >= 4 is 35.5 Å². The highest BCUT2D eigenvalue weighted by Gasteiger charge is 2.39. The van der Waals surface area contributed by atoms with Crippen LogP contribution in [0.5, 0.6) is 0 Å². The Morgan fingerprint density at radius 1 is 1.08 bits per heavy atom. The van der Waals surface area contributed by atoms with Gasteiger partial charge in [-0.25, -0.2) is 19.2 Å². The first kappa shape index (κ1) is 30.4. The number of carboxylic acid groups (broad SMARTS) is 2. The molecule has 2 rings (SSSR count). The molecular weight excluding hydrogens is 496 g/mol. The van der Waals surface area contributed by atoms with Crippen LogP contribution < -0.4 is 11.1 Å². The molecule has 11 nitrogen and oxygen atoms in total. The van der Waals surface area contributed by atoms with Crippen LogP contribution in [0.1, 0.15) is 25.3 Å². The summed E-state index contributed by atoms with van der Waals surface area (Å²) in [6.07, 6.45) is 1.12. The van der Waals surface area contributed by atoms with Gasteiger partial charge >= 0.3 is 23.9 Å². The minimum Gasteiger partial charge on any atom is -0.478 e. The minimum absolute atomic E-state index is 0.109. The van der Waals surface area contributed by atoms with E-state index >= 15 is 0 Å². The van der Waals surface area contributed by atoms with E-state index in [1.54, 1.807) is 38.1 Å². The molecule has 0 bridgehead atoms. The summed E-state index contributed by atoms with van der Waals surface area (Å²) in [7, 11) is 1.29. The van der Waals surface area contributed by atoms with Crippen molar-refractivity contribution < 1.29 is 43.6 Å². The van der Waals surface area contributed by atoms with Crippen LogP contribution in [-0.4, -0.2) is 67.6 Å². The first-order valence-electron chi connectivity index (χ1n) is 10.7. The fraction of sp³-hybridized carbons (Fsp3) is 0.333. The molecule has 0 saturated carbocycles. The first-order chi connectivity index (χ1) is 17.1. The molecule has 0 aliphatic carbocycles. The third-order valence-electron chi connectivity index (χ3n) is 4.64. The van der Waals surface area contributed by atoms with Gasteiger partial charge in [0.1, 0.15) is 0 Å². The van der Waals surface area contributed by atoms with Crippen molar-refractivity contribution in [3.8, 4) is 0 Å². The second-order valence-electron chi connectivity index (χ2n) is 7.07. The minimum atomic E-state index is -1.26. The summed E-state index contributed by atoms with van der Waals surface area (Å²) in [5.74, 6) is -4.38. The average Bonchev–Trinajstić information content (AvgIpc) is 2.83. The normalized spacial score (nSPS) is 15.1. The van der Waals surface area contributed by atoms with Crippen molar-refractivity contribution in [1.82, 2.24) is 5.32 Å². The van der Waals surface area contributed by atoms with E-state index in [9.17, 15) is 19.2 Å². The Bertz CT molecular complexity index is 1050. The lowest BCUT2D eigenvalue weighted by Gasteiger charge is -2.31. The van der Waals surface area contributed by atoms with Crippen LogP contribution in [0, 0.1) is 0 Å². The second kappa shape index (κ2) is 15.4. The standard InChI is InChI=1S/C20H25ClN2O5.C4H4O4/c1-4-28-20(25)18-15(11-27-10-9-22)23-12(2)16(19(24)26-3)17(18)13-7-5-6-8-14(13)21;5-3(6)1-2-4(7)8/h5-8,17,23H,4,9-11,22H2,1-3H3;1-2H,(H,5,6)(H,7,8). The van der Waals surface area contributed by atoms with E-state index < -0.39 is 29.8 Å². The molecular formula is C24H29ClN2O9. The van der Waals surface area contributed by atoms with Crippen LogP contribution in [0.15, 0.2) is 59.0 Å². The fourth-order valence-corrected chi connectivity index (χ4v) is 3.51. The molecule has 1 aromatic carbocycles. The highest BCUT2D eigenvalue weighted by molar-refractivity contribution is 6.31. The van der Waals surface area contributed by atoms with Crippen molar-refractivity contribution in [3.63, 3.8) is 0 Å². The zero-order valence-corrected chi connectivity index (χ0v) is 20.8.